The minimum atomic E-state index is -0.504. The highest BCUT2D eigenvalue weighted by Crippen LogP contribution is 2.16. The SMILES string of the molecule is CCNc1ccccc1C(=O)OCC(=O)c1ccccc1. The predicted molar refractivity (Wildman–Crippen MR) is 81.7 cm³/mol. The number of nitrogens with one attached hydrogen (secondary N) is 1. The highest BCUT2D eigenvalue weighted by molar-refractivity contribution is 6.00. The van der Waals surface area contributed by atoms with Crippen LogP contribution in [0.1, 0.15) is 27.6 Å². The summed E-state index contributed by atoms with van der Waals surface area (Å²) < 4.78 is 5.10. The summed E-state index contributed by atoms with van der Waals surface area (Å²) in [5.74, 6) is -0.722. The van der Waals surface area contributed by atoms with Gasteiger partial charge in [0.1, 0.15) is 0 Å². The molecule has 4 nitrogen and oxygen atoms in total. The van der Waals surface area contributed by atoms with Crippen LogP contribution < -0.4 is 5.32 Å². The van der Waals surface area contributed by atoms with Crippen LogP contribution in [0.4, 0.5) is 5.69 Å². The second-order valence-corrected chi connectivity index (χ2v) is 4.44. The molecule has 0 spiro atoms. The van der Waals surface area contributed by atoms with Crippen molar-refractivity contribution in [1.82, 2.24) is 0 Å². The van der Waals surface area contributed by atoms with E-state index in [1.807, 2.05) is 19.1 Å². The van der Waals surface area contributed by atoms with Crippen molar-refractivity contribution in [3.05, 3.63) is 65.7 Å². The minimum Gasteiger partial charge on any atom is -0.454 e. The average Bonchev–Trinajstić information content (AvgIpc) is 2.54. The number of rotatable bonds is 6. The van der Waals surface area contributed by atoms with Crippen molar-refractivity contribution < 1.29 is 14.3 Å². The van der Waals surface area contributed by atoms with E-state index in [9.17, 15) is 9.59 Å². The molecule has 108 valence electrons. The van der Waals surface area contributed by atoms with Crippen molar-refractivity contribution in [2.75, 3.05) is 18.5 Å². The molecule has 0 aliphatic heterocycles. The Hall–Kier alpha value is -2.62. The van der Waals surface area contributed by atoms with Gasteiger partial charge in [0, 0.05) is 17.8 Å². The summed E-state index contributed by atoms with van der Waals surface area (Å²) in [7, 11) is 0. The molecule has 4 heteroatoms. The maximum atomic E-state index is 12.1. The molecule has 0 aliphatic carbocycles. The summed E-state index contributed by atoms with van der Waals surface area (Å²) in [6.07, 6.45) is 0. The third-order valence-corrected chi connectivity index (χ3v) is 2.94. The zero-order valence-corrected chi connectivity index (χ0v) is 11.8. The molecular formula is C17H17NO3. The van der Waals surface area contributed by atoms with Gasteiger partial charge in [-0.3, -0.25) is 4.79 Å². The molecule has 2 aromatic rings. The van der Waals surface area contributed by atoms with Crippen LogP contribution in [-0.2, 0) is 4.74 Å². The molecule has 2 aromatic carbocycles. The predicted octanol–water partition coefficient (Wildman–Crippen LogP) is 3.16. The second-order valence-electron chi connectivity index (χ2n) is 4.44. The van der Waals surface area contributed by atoms with E-state index >= 15 is 0 Å². The number of benzene rings is 2. The Morgan fingerprint density at radius 3 is 2.38 bits per heavy atom. The molecule has 0 saturated carbocycles. The number of ether oxygens (including phenoxy) is 1. The van der Waals surface area contributed by atoms with Crippen molar-refractivity contribution in [1.29, 1.82) is 0 Å². The van der Waals surface area contributed by atoms with Crippen LogP contribution in [0.15, 0.2) is 54.6 Å². The Morgan fingerprint density at radius 2 is 1.67 bits per heavy atom. The maximum Gasteiger partial charge on any atom is 0.340 e. The number of Topliss-reactive ketones (excluding diaryl/α,β-unsaturated/α-hetero) is 1. The molecular weight excluding hydrogens is 266 g/mol. The van der Waals surface area contributed by atoms with Gasteiger partial charge in [0.25, 0.3) is 0 Å². The zero-order chi connectivity index (χ0) is 15.1. The molecule has 1 N–H and O–H groups in total. The quantitative estimate of drug-likeness (QED) is 0.653. The van der Waals surface area contributed by atoms with Crippen LogP contribution in [0.25, 0.3) is 0 Å². The van der Waals surface area contributed by atoms with Gasteiger partial charge in [0.2, 0.25) is 0 Å². The lowest BCUT2D eigenvalue weighted by molar-refractivity contribution is 0.0475. The van der Waals surface area contributed by atoms with Gasteiger partial charge in [-0.2, -0.15) is 0 Å². The molecule has 0 saturated heterocycles. The van der Waals surface area contributed by atoms with E-state index in [1.54, 1.807) is 42.5 Å². The second kappa shape index (κ2) is 7.24. The minimum absolute atomic E-state index is 0.218. The summed E-state index contributed by atoms with van der Waals surface area (Å²) in [4.78, 5) is 24.0. The molecule has 0 atom stereocenters. The number of carbonyl (C=O) groups is 2. The first-order valence-corrected chi connectivity index (χ1v) is 6.80. The summed E-state index contributed by atoms with van der Waals surface area (Å²) in [6.45, 7) is 2.39. The highest BCUT2D eigenvalue weighted by atomic mass is 16.5. The number of carbonyl (C=O) groups excluding carboxylic acids is 2. The first-order valence-electron chi connectivity index (χ1n) is 6.80. The maximum absolute atomic E-state index is 12.1. The fraction of sp³-hybridized carbons (Fsp3) is 0.176. The van der Waals surface area contributed by atoms with E-state index in [-0.39, 0.29) is 12.4 Å². The van der Waals surface area contributed by atoms with Gasteiger partial charge in [-0.25, -0.2) is 4.79 Å². The molecule has 2 rings (SSSR count). The van der Waals surface area contributed by atoms with Crippen molar-refractivity contribution in [3.8, 4) is 0 Å². The van der Waals surface area contributed by atoms with Crippen LogP contribution >= 0.6 is 0 Å². The Morgan fingerprint density at radius 1 is 1.00 bits per heavy atom. The van der Waals surface area contributed by atoms with Gasteiger partial charge in [-0.05, 0) is 19.1 Å². The number of ketones is 1. The zero-order valence-electron chi connectivity index (χ0n) is 11.8. The summed E-state index contributed by atoms with van der Waals surface area (Å²) in [5, 5.41) is 3.09. The molecule has 0 amide bonds. The molecule has 0 heterocycles. The van der Waals surface area contributed by atoms with Crippen LogP contribution in [0.5, 0.6) is 0 Å². The van der Waals surface area contributed by atoms with Gasteiger partial charge in [-0.15, -0.1) is 0 Å². The monoisotopic (exact) mass is 283 g/mol. The smallest absolute Gasteiger partial charge is 0.340 e. The lowest BCUT2D eigenvalue weighted by Crippen LogP contribution is -2.15. The van der Waals surface area contributed by atoms with E-state index in [2.05, 4.69) is 5.32 Å². The van der Waals surface area contributed by atoms with Crippen LogP contribution in [0.2, 0.25) is 0 Å². The van der Waals surface area contributed by atoms with Crippen molar-refractivity contribution in [2.45, 2.75) is 6.92 Å². The van der Waals surface area contributed by atoms with E-state index in [0.717, 1.165) is 0 Å². The lowest BCUT2D eigenvalue weighted by Gasteiger charge is -2.10. The van der Waals surface area contributed by atoms with Crippen LogP contribution in [0.3, 0.4) is 0 Å². The van der Waals surface area contributed by atoms with Crippen molar-refractivity contribution >= 4 is 17.4 Å². The average molecular weight is 283 g/mol. The first kappa shape index (κ1) is 14.8. The third kappa shape index (κ3) is 3.92. The Bertz CT molecular complexity index is 623. The number of para-hydroxylation sites is 1. The van der Waals surface area contributed by atoms with E-state index in [0.29, 0.717) is 23.4 Å². The van der Waals surface area contributed by atoms with Gasteiger partial charge in [0.05, 0.1) is 5.56 Å². The van der Waals surface area contributed by atoms with Gasteiger partial charge in [-0.1, -0.05) is 42.5 Å². The van der Waals surface area contributed by atoms with Crippen LogP contribution in [0, 0.1) is 0 Å². The molecule has 0 fully saturated rings. The number of hydrogen-bond acceptors (Lipinski definition) is 4. The fourth-order valence-corrected chi connectivity index (χ4v) is 1.92. The number of hydrogen-bond donors (Lipinski definition) is 1. The van der Waals surface area contributed by atoms with Gasteiger partial charge < -0.3 is 10.1 Å². The third-order valence-electron chi connectivity index (χ3n) is 2.94. The van der Waals surface area contributed by atoms with Crippen LogP contribution in [-0.4, -0.2) is 24.9 Å². The topological polar surface area (TPSA) is 55.4 Å². The molecule has 0 aliphatic rings. The number of esters is 1. The van der Waals surface area contributed by atoms with E-state index in [1.165, 1.54) is 0 Å². The van der Waals surface area contributed by atoms with Gasteiger partial charge >= 0.3 is 5.97 Å². The standard InChI is InChI=1S/C17H17NO3/c1-2-18-15-11-7-6-10-14(15)17(20)21-12-16(19)13-8-4-3-5-9-13/h3-11,18H,2,12H2,1H3. The highest BCUT2D eigenvalue weighted by Gasteiger charge is 2.14. The largest absolute Gasteiger partial charge is 0.454 e. The first-order chi connectivity index (χ1) is 10.2. The fourth-order valence-electron chi connectivity index (χ4n) is 1.92. The van der Waals surface area contributed by atoms with Crippen molar-refractivity contribution in [3.63, 3.8) is 0 Å². The molecule has 21 heavy (non-hydrogen) atoms. The molecule has 0 aromatic heterocycles. The van der Waals surface area contributed by atoms with Gasteiger partial charge in [0.15, 0.2) is 12.4 Å². The van der Waals surface area contributed by atoms with E-state index in [4.69, 9.17) is 4.74 Å². The molecule has 0 bridgehead atoms. The molecule has 0 unspecified atom stereocenters. The lowest BCUT2D eigenvalue weighted by atomic mass is 10.1. The van der Waals surface area contributed by atoms with Crippen molar-refractivity contribution in [2.24, 2.45) is 0 Å². The Labute approximate surface area is 123 Å². The Kier molecular flexibility index (Phi) is 5.10. The molecule has 0 radical (unpaired) electrons. The Balaban J connectivity index is 2.01. The normalized spacial score (nSPS) is 9.95. The summed E-state index contributed by atoms with van der Waals surface area (Å²) >= 11 is 0. The van der Waals surface area contributed by atoms with E-state index < -0.39 is 5.97 Å². The number of anilines is 1. The summed E-state index contributed by atoms with van der Waals surface area (Å²) in [6, 6.07) is 15.8. The summed E-state index contributed by atoms with van der Waals surface area (Å²) in [5.41, 5.74) is 1.67.